The van der Waals surface area contributed by atoms with Crippen molar-refractivity contribution in [3.63, 3.8) is 0 Å². The molecule has 0 bridgehead atoms. The molecule has 0 amide bonds. The lowest BCUT2D eigenvalue weighted by Crippen LogP contribution is -2.20. The fourth-order valence-corrected chi connectivity index (χ4v) is 3.98. The zero-order chi connectivity index (χ0) is 16.5. The molecule has 4 rings (SSSR count). The summed E-state index contributed by atoms with van der Waals surface area (Å²) in [4.78, 5) is 0. The smallest absolute Gasteiger partial charge is 0.115 e. The van der Waals surface area contributed by atoms with E-state index in [9.17, 15) is 5.11 Å². The average molecular weight is 315 g/mol. The van der Waals surface area contributed by atoms with Crippen molar-refractivity contribution in [3.05, 3.63) is 95.1 Å². The third-order valence-corrected chi connectivity index (χ3v) is 5.11. The number of phenolic OH excluding ortho intramolecular Hbond substituents is 1. The molecular weight excluding hydrogens is 294 g/mol. The summed E-state index contributed by atoms with van der Waals surface area (Å²) in [5, 5.41) is 9.85. The second-order valence-electron chi connectivity index (χ2n) is 6.58. The highest BCUT2D eigenvalue weighted by Gasteiger charge is 2.31. The van der Waals surface area contributed by atoms with E-state index in [1.54, 1.807) is 6.07 Å². The summed E-state index contributed by atoms with van der Waals surface area (Å²) in [6.45, 7) is 0. The van der Waals surface area contributed by atoms with E-state index in [0.717, 1.165) is 18.5 Å². The molecule has 0 saturated carbocycles. The first-order valence-electron chi connectivity index (χ1n) is 8.44. The van der Waals surface area contributed by atoms with Gasteiger partial charge in [-0.15, -0.1) is 0 Å². The Morgan fingerprint density at radius 3 is 2.33 bits per heavy atom. The van der Waals surface area contributed by atoms with Crippen LogP contribution >= 0.6 is 0 Å². The van der Waals surface area contributed by atoms with E-state index >= 15 is 0 Å². The van der Waals surface area contributed by atoms with E-state index in [0.29, 0.717) is 11.7 Å². The molecule has 3 N–H and O–H groups in total. The topological polar surface area (TPSA) is 46.2 Å². The van der Waals surface area contributed by atoms with Crippen LogP contribution in [-0.2, 0) is 6.42 Å². The summed E-state index contributed by atoms with van der Waals surface area (Å²) in [7, 11) is 0. The van der Waals surface area contributed by atoms with E-state index in [1.165, 1.54) is 22.3 Å². The van der Waals surface area contributed by atoms with Crippen LogP contribution in [-0.4, -0.2) is 5.11 Å². The van der Waals surface area contributed by atoms with Crippen LogP contribution in [0.5, 0.6) is 5.75 Å². The number of rotatable bonds is 2. The van der Waals surface area contributed by atoms with Gasteiger partial charge in [-0.05, 0) is 65.3 Å². The molecule has 24 heavy (non-hydrogen) atoms. The zero-order valence-corrected chi connectivity index (χ0v) is 13.5. The van der Waals surface area contributed by atoms with Crippen molar-refractivity contribution < 1.29 is 5.11 Å². The summed E-state index contributed by atoms with van der Waals surface area (Å²) in [5.41, 5.74) is 11.9. The molecule has 1 aliphatic rings. The van der Waals surface area contributed by atoms with Gasteiger partial charge in [0.2, 0.25) is 0 Å². The molecule has 2 nitrogen and oxygen atoms in total. The van der Waals surface area contributed by atoms with Gasteiger partial charge in [0, 0.05) is 11.6 Å². The fraction of sp³-hybridized carbons (Fsp3) is 0.182. The number of hydrogen-bond acceptors (Lipinski definition) is 2. The lowest BCUT2D eigenvalue weighted by Gasteiger charge is -2.34. The molecule has 0 aromatic heterocycles. The van der Waals surface area contributed by atoms with Gasteiger partial charge in [0.05, 0.1) is 0 Å². The molecule has 0 aliphatic heterocycles. The van der Waals surface area contributed by atoms with Gasteiger partial charge in [0.1, 0.15) is 5.75 Å². The maximum atomic E-state index is 9.85. The molecule has 3 aromatic rings. The number of aromatic hydroxyl groups is 1. The van der Waals surface area contributed by atoms with E-state index in [-0.39, 0.29) is 5.92 Å². The molecule has 0 unspecified atom stereocenters. The molecular formula is C22H21NO. The maximum absolute atomic E-state index is 9.85. The number of hydrogen-bond donors (Lipinski definition) is 2. The Balaban J connectivity index is 1.86. The molecule has 0 heterocycles. The summed E-state index contributed by atoms with van der Waals surface area (Å²) >= 11 is 0. The summed E-state index contributed by atoms with van der Waals surface area (Å²) in [5.74, 6) is 1.08. The molecule has 120 valence electrons. The first-order chi connectivity index (χ1) is 11.7. The van der Waals surface area contributed by atoms with Crippen LogP contribution in [0.15, 0.2) is 72.8 Å². The van der Waals surface area contributed by atoms with E-state index in [2.05, 4.69) is 48.5 Å². The van der Waals surface area contributed by atoms with Crippen molar-refractivity contribution in [2.45, 2.75) is 24.7 Å². The van der Waals surface area contributed by atoms with Gasteiger partial charge in [0.25, 0.3) is 0 Å². The second kappa shape index (κ2) is 6.04. The minimum atomic E-state index is 0.289. The number of anilines is 1. The third kappa shape index (κ3) is 2.65. The molecule has 0 radical (unpaired) electrons. The number of benzene rings is 3. The molecule has 2 atom stereocenters. The first kappa shape index (κ1) is 14.8. The Labute approximate surface area is 142 Å². The van der Waals surface area contributed by atoms with E-state index in [1.807, 2.05) is 18.2 Å². The Morgan fingerprint density at radius 2 is 1.58 bits per heavy atom. The number of nitrogen functional groups attached to an aromatic ring is 1. The average Bonchev–Trinajstić information content (AvgIpc) is 2.62. The van der Waals surface area contributed by atoms with E-state index in [4.69, 9.17) is 5.73 Å². The van der Waals surface area contributed by atoms with Gasteiger partial charge >= 0.3 is 0 Å². The molecule has 3 aromatic carbocycles. The normalized spacial score (nSPS) is 19.7. The van der Waals surface area contributed by atoms with Crippen LogP contribution < -0.4 is 5.73 Å². The quantitative estimate of drug-likeness (QED) is 0.665. The maximum Gasteiger partial charge on any atom is 0.115 e. The van der Waals surface area contributed by atoms with Crippen molar-refractivity contribution in [3.8, 4) is 5.75 Å². The van der Waals surface area contributed by atoms with Crippen molar-refractivity contribution in [2.75, 3.05) is 5.73 Å². The van der Waals surface area contributed by atoms with Crippen molar-refractivity contribution >= 4 is 5.69 Å². The first-order valence-corrected chi connectivity index (χ1v) is 8.44. The van der Waals surface area contributed by atoms with Gasteiger partial charge in [-0.2, -0.15) is 0 Å². The summed E-state index contributed by atoms with van der Waals surface area (Å²) < 4.78 is 0. The highest BCUT2D eigenvalue weighted by atomic mass is 16.3. The zero-order valence-electron chi connectivity index (χ0n) is 13.5. The largest absolute Gasteiger partial charge is 0.508 e. The lowest BCUT2D eigenvalue weighted by molar-refractivity contribution is 0.469. The number of nitrogens with two attached hydrogens (primary N) is 1. The highest BCUT2D eigenvalue weighted by Crippen LogP contribution is 2.46. The fourth-order valence-electron chi connectivity index (χ4n) is 3.98. The van der Waals surface area contributed by atoms with E-state index < -0.39 is 0 Å². The summed E-state index contributed by atoms with van der Waals surface area (Å²) in [6.07, 6.45) is 2.07. The molecule has 0 saturated heterocycles. The number of phenols is 1. The van der Waals surface area contributed by atoms with Crippen LogP contribution in [0.4, 0.5) is 5.69 Å². The molecule has 0 fully saturated rings. The third-order valence-electron chi connectivity index (χ3n) is 5.11. The van der Waals surface area contributed by atoms with Gasteiger partial charge in [-0.1, -0.05) is 48.5 Å². The highest BCUT2D eigenvalue weighted by molar-refractivity contribution is 5.49. The Hall–Kier alpha value is -2.74. The Kier molecular flexibility index (Phi) is 3.73. The molecule has 2 heteroatoms. The summed E-state index contributed by atoms with van der Waals surface area (Å²) in [6, 6.07) is 24.8. The molecule has 1 aliphatic carbocycles. The monoisotopic (exact) mass is 315 g/mol. The number of fused-ring (bicyclic) bond motifs is 1. The minimum Gasteiger partial charge on any atom is -0.508 e. The van der Waals surface area contributed by atoms with Gasteiger partial charge in [-0.25, -0.2) is 0 Å². The lowest BCUT2D eigenvalue weighted by atomic mass is 9.69. The molecule has 0 spiro atoms. The van der Waals surface area contributed by atoms with Crippen molar-refractivity contribution in [2.24, 2.45) is 0 Å². The van der Waals surface area contributed by atoms with Crippen LogP contribution in [0, 0.1) is 0 Å². The van der Waals surface area contributed by atoms with Crippen LogP contribution in [0.2, 0.25) is 0 Å². The Bertz CT molecular complexity index is 840. The van der Waals surface area contributed by atoms with Crippen LogP contribution in [0.25, 0.3) is 0 Å². The van der Waals surface area contributed by atoms with Gasteiger partial charge < -0.3 is 10.8 Å². The standard InChI is InChI=1S/C22H21NO/c23-18-9-6-16(7-10-18)22-20(15-4-2-1-3-5-15)12-8-17-14-19(24)11-13-21(17)22/h1-7,9-11,13-14,20,22,24H,8,12,23H2/t20-,22+/m1/s1. The minimum absolute atomic E-state index is 0.289. The predicted molar refractivity (Wildman–Crippen MR) is 98.3 cm³/mol. The second-order valence-corrected chi connectivity index (χ2v) is 6.58. The van der Waals surface area contributed by atoms with Crippen LogP contribution in [0.3, 0.4) is 0 Å². The Morgan fingerprint density at radius 1 is 0.833 bits per heavy atom. The predicted octanol–water partition coefficient (Wildman–Crippen LogP) is 4.84. The van der Waals surface area contributed by atoms with Gasteiger partial charge in [-0.3, -0.25) is 0 Å². The van der Waals surface area contributed by atoms with Gasteiger partial charge in [0.15, 0.2) is 0 Å². The van der Waals surface area contributed by atoms with Crippen molar-refractivity contribution in [1.82, 2.24) is 0 Å². The van der Waals surface area contributed by atoms with Crippen molar-refractivity contribution in [1.29, 1.82) is 0 Å². The SMILES string of the molecule is Nc1ccc([C@@H]2c3ccc(O)cc3CC[C@@H]2c2ccccc2)cc1. The number of aryl methyl sites for hydroxylation is 1. The van der Waals surface area contributed by atoms with Crippen LogP contribution in [0.1, 0.15) is 40.5 Å².